The number of nitrogens with zero attached hydrogens (tertiary/aromatic N) is 1. The van der Waals surface area contributed by atoms with Crippen LogP contribution in [0.3, 0.4) is 0 Å². The van der Waals surface area contributed by atoms with Crippen molar-refractivity contribution in [2.75, 3.05) is 6.54 Å². The summed E-state index contributed by atoms with van der Waals surface area (Å²) in [6.07, 6.45) is 5.71. The van der Waals surface area contributed by atoms with E-state index in [1.807, 2.05) is 12.1 Å². The fraction of sp³-hybridized carbons (Fsp3) is 0.591. The van der Waals surface area contributed by atoms with Crippen LogP contribution in [0.15, 0.2) is 18.2 Å². The van der Waals surface area contributed by atoms with E-state index in [9.17, 15) is 14.4 Å². The minimum absolute atomic E-state index is 0.110. The number of benzene rings is 1. The molecule has 3 fully saturated rings. The van der Waals surface area contributed by atoms with E-state index in [0.29, 0.717) is 30.0 Å². The maximum atomic E-state index is 12.9. The molecule has 0 bridgehead atoms. The number of imide groups is 1. The zero-order chi connectivity index (χ0) is 20.2. The molecule has 4 N–H and O–H groups in total. The number of fused-ring (bicyclic) bond motifs is 1. The molecule has 2 aliphatic carbocycles. The summed E-state index contributed by atoms with van der Waals surface area (Å²) >= 11 is 0. The molecule has 7 nitrogen and oxygen atoms in total. The lowest BCUT2D eigenvalue weighted by Gasteiger charge is -2.58. The molecule has 1 aromatic rings. The van der Waals surface area contributed by atoms with Gasteiger partial charge in [-0.2, -0.15) is 0 Å². The fourth-order valence-corrected chi connectivity index (χ4v) is 5.77. The second-order valence-corrected chi connectivity index (χ2v) is 9.39. The highest BCUT2D eigenvalue weighted by molar-refractivity contribution is 6.05. The smallest absolute Gasteiger partial charge is 0.255 e. The summed E-state index contributed by atoms with van der Waals surface area (Å²) in [5.41, 5.74) is 9.03. The quantitative estimate of drug-likeness (QED) is 0.646. The van der Waals surface area contributed by atoms with Crippen LogP contribution in [0.1, 0.15) is 60.0 Å². The van der Waals surface area contributed by atoms with Crippen LogP contribution in [-0.2, 0) is 22.7 Å². The van der Waals surface area contributed by atoms with Crippen LogP contribution in [0, 0.1) is 11.3 Å². The number of carbonyl (C=O) groups excluding carboxylic acids is 3. The van der Waals surface area contributed by atoms with Gasteiger partial charge in [-0.05, 0) is 67.2 Å². The monoisotopic (exact) mass is 396 g/mol. The van der Waals surface area contributed by atoms with Crippen LogP contribution in [-0.4, -0.2) is 41.2 Å². The average molecular weight is 396 g/mol. The number of rotatable bonds is 5. The molecule has 1 aromatic carbocycles. The molecule has 2 aliphatic heterocycles. The number of nitrogens with two attached hydrogens (primary N) is 1. The van der Waals surface area contributed by atoms with Gasteiger partial charge >= 0.3 is 0 Å². The van der Waals surface area contributed by atoms with Crippen molar-refractivity contribution in [2.24, 2.45) is 17.1 Å². The summed E-state index contributed by atoms with van der Waals surface area (Å²) in [7, 11) is 0. The first-order chi connectivity index (χ1) is 14.0. The Morgan fingerprint density at radius 3 is 2.69 bits per heavy atom. The molecule has 29 heavy (non-hydrogen) atoms. The molecular weight excluding hydrogens is 368 g/mol. The highest BCUT2D eigenvalue weighted by atomic mass is 16.2. The van der Waals surface area contributed by atoms with E-state index < -0.39 is 6.04 Å². The Morgan fingerprint density at radius 1 is 1.17 bits per heavy atom. The van der Waals surface area contributed by atoms with Gasteiger partial charge in [0.05, 0.1) is 0 Å². The van der Waals surface area contributed by atoms with Crippen LogP contribution in [0.25, 0.3) is 0 Å². The molecule has 1 spiro atoms. The Kier molecular flexibility index (Phi) is 4.47. The molecule has 3 amide bonds. The topological polar surface area (TPSA) is 105 Å². The highest BCUT2D eigenvalue weighted by Gasteiger charge is 2.51. The van der Waals surface area contributed by atoms with E-state index >= 15 is 0 Å². The summed E-state index contributed by atoms with van der Waals surface area (Å²) in [5.74, 6) is -0.00898. The van der Waals surface area contributed by atoms with Gasteiger partial charge in [0.2, 0.25) is 11.8 Å². The molecule has 2 saturated carbocycles. The van der Waals surface area contributed by atoms with Gasteiger partial charge < -0.3 is 16.0 Å². The highest BCUT2D eigenvalue weighted by Crippen LogP contribution is 2.58. The van der Waals surface area contributed by atoms with Gasteiger partial charge in [0.15, 0.2) is 0 Å². The van der Waals surface area contributed by atoms with Crippen molar-refractivity contribution >= 4 is 17.7 Å². The molecule has 1 atom stereocenters. The second kappa shape index (κ2) is 6.92. The molecule has 1 unspecified atom stereocenters. The van der Waals surface area contributed by atoms with E-state index in [2.05, 4.69) is 16.7 Å². The number of piperidine rings is 1. The third-order valence-electron chi connectivity index (χ3n) is 7.32. The molecule has 4 aliphatic rings. The summed E-state index contributed by atoms with van der Waals surface area (Å²) < 4.78 is 0. The number of carbonyl (C=O) groups is 3. The van der Waals surface area contributed by atoms with Crippen LogP contribution in [0.5, 0.6) is 0 Å². The molecule has 7 heteroatoms. The van der Waals surface area contributed by atoms with E-state index in [1.54, 1.807) is 4.90 Å². The standard InChI is InChI=1S/C22H28N4O3/c23-10-14-6-22(7-14)8-16(9-22)24-11-13-1-2-15-12-26(21(29)17(15)5-13)18-3-4-19(27)25-20(18)28/h1-2,5,14,16,18,24H,3-4,6-12,23H2,(H,25,27,28). The number of amides is 3. The Morgan fingerprint density at radius 2 is 1.97 bits per heavy atom. The average Bonchev–Trinajstić information content (AvgIpc) is 2.95. The van der Waals surface area contributed by atoms with Crippen LogP contribution >= 0.6 is 0 Å². The minimum atomic E-state index is -0.555. The zero-order valence-electron chi connectivity index (χ0n) is 16.6. The van der Waals surface area contributed by atoms with Crippen molar-refractivity contribution in [3.8, 4) is 0 Å². The normalized spacial score (nSPS) is 33.3. The molecule has 2 heterocycles. The first kappa shape index (κ1) is 18.8. The predicted molar refractivity (Wildman–Crippen MR) is 107 cm³/mol. The molecule has 154 valence electrons. The number of hydrogen-bond donors (Lipinski definition) is 3. The van der Waals surface area contributed by atoms with Gasteiger partial charge in [-0.1, -0.05) is 12.1 Å². The Labute approximate surface area is 170 Å². The van der Waals surface area contributed by atoms with E-state index in [-0.39, 0.29) is 24.1 Å². The molecule has 0 radical (unpaired) electrons. The Hall–Kier alpha value is -2.25. The van der Waals surface area contributed by atoms with Crippen molar-refractivity contribution in [2.45, 2.75) is 63.7 Å². The van der Waals surface area contributed by atoms with Gasteiger partial charge in [-0.25, -0.2) is 0 Å². The minimum Gasteiger partial charge on any atom is -0.330 e. The second-order valence-electron chi connectivity index (χ2n) is 9.39. The predicted octanol–water partition coefficient (Wildman–Crippen LogP) is 1.05. The Bertz CT molecular complexity index is 869. The van der Waals surface area contributed by atoms with Crippen molar-refractivity contribution in [3.05, 3.63) is 34.9 Å². The third-order valence-corrected chi connectivity index (χ3v) is 7.32. The molecular formula is C22H28N4O3. The van der Waals surface area contributed by atoms with Crippen molar-refractivity contribution in [3.63, 3.8) is 0 Å². The van der Waals surface area contributed by atoms with Gasteiger partial charge in [-0.3, -0.25) is 19.7 Å². The first-order valence-electron chi connectivity index (χ1n) is 10.7. The van der Waals surface area contributed by atoms with Gasteiger partial charge in [0.25, 0.3) is 5.91 Å². The Balaban J connectivity index is 1.18. The van der Waals surface area contributed by atoms with Crippen molar-refractivity contribution in [1.29, 1.82) is 0 Å². The maximum absolute atomic E-state index is 12.9. The lowest BCUT2D eigenvalue weighted by molar-refractivity contribution is -0.136. The molecule has 1 saturated heterocycles. The lowest BCUT2D eigenvalue weighted by Crippen LogP contribution is -2.55. The first-order valence-corrected chi connectivity index (χ1v) is 10.7. The SMILES string of the molecule is NCC1CC2(C1)CC(NCc1ccc3c(c1)C(=O)N(C1CCC(=O)NC1=O)C3)C2. The van der Waals surface area contributed by atoms with Crippen molar-refractivity contribution < 1.29 is 14.4 Å². The summed E-state index contributed by atoms with van der Waals surface area (Å²) in [6.45, 7) is 2.00. The van der Waals surface area contributed by atoms with Gasteiger partial charge in [0.1, 0.15) is 6.04 Å². The van der Waals surface area contributed by atoms with Crippen LogP contribution < -0.4 is 16.4 Å². The van der Waals surface area contributed by atoms with Gasteiger partial charge in [0, 0.05) is 31.1 Å². The fourth-order valence-electron chi connectivity index (χ4n) is 5.77. The largest absolute Gasteiger partial charge is 0.330 e. The number of nitrogens with one attached hydrogen (secondary N) is 2. The van der Waals surface area contributed by atoms with E-state index in [0.717, 1.165) is 30.1 Å². The van der Waals surface area contributed by atoms with Crippen LogP contribution in [0.2, 0.25) is 0 Å². The molecule has 0 aromatic heterocycles. The summed E-state index contributed by atoms with van der Waals surface area (Å²) in [6, 6.07) is 6.02. The van der Waals surface area contributed by atoms with Crippen LogP contribution in [0.4, 0.5) is 0 Å². The number of hydrogen-bond acceptors (Lipinski definition) is 5. The summed E-state index contributed by atoms with van der Waals surface area (Å²) in [5, 5.41) is 5.97. The van der Waals surface area contributed by atoms with Gasteiger partial charge in [-0.15, -0.1) is 0 Å². The van der Waals surface area contributed by atoms with E-state index in [1.165, 1.54) is 25.7 Å². The third kappa shape index (κ3) is 3.26. The van der Waals surface area contributed by atoms with Crippen molar-refractivity contribution in [1.82, 2.24) is 15.5 Å². The van der Waals surface area contributed by atoms with E-state index in [4.69, 9.17) is 5.73 Å². The molecule has 5 rings (SSSR count). The summed E-state index contributed by atoms with van der Waals surface area (Å²) in [4.78, 5) is 38.0. The maximum Gasteiger partial charge on any atom is 0.255 e. The lowest BCUT2D eigenvalue weighted by atomic mass is 9.50. The zero-order valence-corrected chi connectivity index (χ0v) is 16.6.